The fourth-order valence-electron chi connectivity index (χ4n) is 0.993. The maximum atomic E-state index is 10.9. The standard InChI is InChI=1S/C9H13NO/c1-9(2,3)7-4-5-10-8(11)6-7/h4-5H,6H2,1-3H3. The van der Waals surface area contributed by atoms with Gasteiger partial charge >= 0.3 is 0 Å². The van der Waals surface area contributed by atoms with Crippen LogP contribution in [0.1, 0.15) is 27.2 Å². The number of hydrogen-bond acceptors (Lipinski definition) is 1. The molecule has 1 aliphatic heterocycles. The van der Waals surface area contributed by atoms with Crippen molar-refractivity contribution in [2.75, 3.05) is 0 Å². The molecule has 0 saturated heterocycles. The molecule has 0 spiro atoms. The number of carbonyl (C=O) groups is 1. The minimum atomic E-state index is -0.0302. The van der Waals surface area contributed by atoms with Crippen LogP contribution in [0.25, 0.3) is 0 Å². The third-order valence-corrected chi connectivity index (χ3v) is 1.80. The van der Waals surface area contributed by atoms with Crippen molar-refractivity contribution < 1.29 is 4.79 Å². The highest BCUT2D eigenvalue weighted by Crippen LogP contribution is 2.28. The van der Waals surface area contributed by atoms with Crippen molar-refractivity contribution in [2.45, 2.75) is 27.2 Å². The number of rotatable bonds is 0. The molecule has 0 aromatic heterocycles. The first kappa shape index (κ1) is 8.18. The summed E-state index contributed by atoms with van der Waals surface area (Å²) in [7, 11) is 0. The van der Waals surface area contributed by atoms with Crippen LogP contribution < -0.4 is 0 Å². The van der Waals surface area contributed by atoms with E-state index in [0.29, 0.717) is 6.42 Å². The van der Waals surface area contributed by atoms with Crippen LogP contribution in [-0.2, 0) is 4.79 Å². The average Bonchev–Trinajstić information content (AvgIpc) is 1.86. The van der Waals surface area contributed by atoms with Gasteiger partial charge in [0.1, 0.15) is 0 Å². The van der Waals surface area contributed by atoms with Gasteiger partial charge in [-0.15, -0.1) is 0 Å². The van der Waals surface area contributed by atoms with E-state index in [0.717, 1.165) is 5.57 Å². The second kappa shape index (κ2) is 2.61. The van der Waals surface area contributed by atoms with Gasteiger partial charge in [-0.3, -0.25) is 4.79 Å². The van der Waals surface area contributed by atoms with Gasteiger partial charge in [-0.25, -0.2) is 4.99 Å². The molecule has 1 rings (SSSR count). The first-order chi connectivity index (χ1) is 5.00. The summed E-state index contributed by atoms with van der Waals surface area (Å²) < 4.78 is 0. The van der Waals surface area contributed by atoms with Gasteiger partial charge in [0.15, 0.2) is 0 Å². The van der Waals surface area contributed by atoms with E-state index in [2.05, 4.69) is 25.8 Å². The van der Waals surface area contributed by atoms with Gasteiger partial charge in [0.25, 0.3) is 0 Å². The zero-order valence-corrected chi connectivity index (χ0v) is 7.22. The molecule has 0 fully saturated rings. The number of aliphatic imine (C=N–C) groups is 1. The Morgan fingerprint density at radius 3 is 2.45 bits per heavy atom. The maximum Gasteiger partial charge on any atom is 0.249 e. The van der Waals surface area contributed by atoms with E-state index >= 15 is 0 Å². The van der Waals surface area contributed by atoms with E-state index in [9.17, 15) is 4.79 Å². The fraction of sp³-hybridized carbons (Fsp3) is 0.556. The van der Waals surface area contributed by atoms with Gasteiger partial charge in [0.2, 0.25) is 5.91 Å². The molecule has 0 aliphatic carbocycles. The van der Waals surface area contributed by atoms with Crippen LogP contribution in [0.3, 0.4) is 0 Å². The summed E-state index contributed by atoms with van der Waals surface area (Å²) in [5, 5.41) is 0. The Kier molecular flexibility index (Phi) is 1.94. The molecule has 0 unspecified atom stereocenters. The molecule has 0 saturated carbocycles. The zero-order chi connectivity index (χ0) is 8.48. The van der Waals surface area contributed by atoms with E-state index in [1.807, 2.05) is 6.08 Å². The Morgan fingerprint density at radius 1 is 1.45 bits per heavy atom. The first-order valence-corrected chi connectivity index (χ1v) is 3.77. The monoisotopic (exact) mass is 151 g/mol. The summed E-state index contributed by atoms with van der Waals surface area (Å²) in [6, 6.07) is 0. The quantitative estimate of drug-likeness (QED) is 0.520. The highest BCUT2D eigenvalue weighted by molar-refractivity contribution is 5.94. The number of carbonyl (C=O) groups excluding carboxylic acids is 1. The molecule has 2 heteroatoms. The molecule has 0 N–H and O–H groups in total. The van der Waals surface area contributed by atoms with Gasteiger partial charge in [-0.05, 0) is 11.5 Å². The zero-order valence-electron chi connectivity index (χ0n) is 7.22. The lowest BCUT2D eigenvalue weighted by molar-refractivity contribution is -0.117. The van der Waals surface area contributed by atoms with Crippen molar-refractivity contribution in [3.63, 3.8) is 0 Å². The highest BCUT2D eigenvalue weighted by atomic mass is 16.1. The lowest BCUT2D eigenvalue weighted by Crippen LogP contribution is -2.15. The Bertz CT molecular complexity index is 230. The van der Waals surface area contributed by atoms with Crippen LogP contribution in [0, 0.1) is 5.41 Å². The van der Waals surface area contributed by atoms with Crippen molar-refractivity contribution >= 4 is 12.1 Å². The van der Waals surface area contributed by atoms with Gasteiger partial charge in [-0.2, -0.15) is 0 Å². The van der Waals surface area contributed by atoms with Crippen LogP contribution in [0.15, 0.2) is 16.6 Å². The summed E-state index contributed by atoms with van der Waals surface area (Å²) in [6.07, 6.45) is 4.01. The molecule has 2 nitrogen and oxygen atoms in total. The molecule has 1 heterocycles. The van der Waals surface area contributed by atoms with E-state index < -0.39 is 0 Å². The topological polar surface area (TPSA) is 29.4 Å². The predicted molar refractivity (Wildman–Crippen MR) is 45.7 cm³/mol. The van der Waals surface area contributed by atoms with E-state index in [1.54, 1.807) is 6.21 Å². The fourth-order valence-corrected chi connectivity index (χ4v) is 0.993. The number of allylic oxidation sites excluding steroid dienone is 1. The summed E-state index contributed by atoms with van der Waals surface area (Å²) >= 11 is 0. The Morgan fingerprint density at radius 2 is 2.09 bits per heavy atom. The molecule has 60 valence electrons. The van der Waals surface area contributed by atoms with Crippen molar-refractivity contribution in [1.82, 2.24) is 0 Å². The minimum Gasteiger partial charge on any atom is -0.272 e. The van der Waals surface area contributed by atoms with E-state index in [4.69, 9.17) is 0 Å². The van der Waals surface area contributed by atoms with Gasteiger partial charge < -0.3 is 0 Å². The third-order valence-electron chi connectivity index (χ3n) is 1.80. The predicted octanol–water partition coefficient (Wildman–Crippen LogP) is 1.96. The van der Waals surface area contributed by atoms with E-state index in [1.165, 1.54) is 0 Å². The lowest BCUT2D eigenvalue weighted by atomic mass is 9.83. The SMILES string of the molecule is CC(C)(C)C1=CC=NC(=O)C1. The summed E-state index contributed by atoms with van der Waals surface area (Å²) in [4.78, 5) is 14.5. The second-order valence-electron chi connectivity index (χ2n) is 3.79. The van der Waals surface area contributed by atoms with Gasteiger partial charge in [0.05, 0.1) is 6.42 Å². The minimum absolute atomic E-state index is 0.0302. The maximum absolute atomic E-state index is 10.9. The molecule has 0 radical (unpaired) electrons. The molecule has 1 aliphatic rings. The molecule has 0 aromatic rings. The average molecular weight is 151 g/mol. The van der Waals surface area contributed by atoms with Crippen LogP contribution in [-0.4, -0.2) is 12.1 Å². The van der Waals surface area contributed by atoms with Crippen molar-refractivity contribution in [3.05, 3.63) is 11.6 Å². The Hall–Kier alpha value is -0.920. The molecule has 0 aromatic carbocycles. The second-order valence-corrected chi connectivity index (χ2v) is 3.79. The van der Waals surface area contributed by atoms with Crippen molar-refractivity contribution in [3.8, 4) is 0 Å². The molecule has 0 atom stereocenters. The molecular weight excluding hydrogens is 138 g/mol. The van der Waals surface area contributed by atoms with Crippen LogP contribution in [0.4, 0.5) is 0 Å². The normalized spacial score (nSPS) is 18.5. The number of hydrogen-bond donors (Lipinski definition) is 0. The molecular formula is C9H13NO. The van der Waals surface area contributed by atoms with Crippen LogP contribution in [0.2, 0.25) is 0 Å². The Labute approximate surface area is 67.0 Å². The van der Waals surface area contributed by atoms with Crippen molar-refractivity contribution in [2.24, 2.45) is 10.4 Å². The third kappa shape index (κ3) is 2.00. The van der Waals surface area contributed by atoms with Crippen molar-refractivity contribution in [1.29, 1.82) is 0 Å². The Balaban J connectivity index is 2.83. The summed E-state index contributed by atoms with van der Waals surface area (Å²) in [6.45, 7) is 6.31. The summed E-state index contributed by atoms with van der Waals surface area (Å²) in [5.41, 5.74) is 1.26. The van der Waals surface area contributed by atoms with Gasteiger partial charge in [-0.1, -0.05) is 26.3 Å². The highest BCUT2D eigenvalue weighted by Gasteiger charge is 2.20. The van der Waals surface area contributed by atoms with Gasteiger partial charge in [0, 0.05) is 6.21 Å². The van der Waals surface area contributed by atoms with Crippen LogP contribution in [0.5, 0.6) is 0 Å². The summed E-state index contributed by atoms with van der Waals surface area (Å²) in [5.74, 6) is -0.0302. The van der Waals surface area contributed by atoms with E-state index in [-0.39, 0.29) is 11.3 Å². The molecule has 11 heavy (non-hydrogen) atoms. The van der Waals surface area contributed by atoms with Crippen LogP contribution >= 0.6 is 0 Å². The molecule has 1 amide bonds. The number of dihydropyridines is 1. The molecule has 0 bridgehead atoms. The largest absolute Gasteiger partial charge is 0.272 e. The number of amides is 1. The lowest BCUT2D eigenvalue weighted by Gasteiger charge is -2.22. The smallest absolute Gasteiger partial charge is 0.249 e. The first-order valence-electron chi connectivity index (χ1n) is 3.77. The number of nitrogens with zero attached hydrogens (tertiary/aromatic N) is 1.